The van der Waals surface area contributed by atoms with Gasteiger partial charge in [-0.25, -0.2) is 0 Å². The van der Waals surface area contributed by atoms with E-state index >= 15 is 0 Å². The van der Waals surface area contributed by atoms with Crippen LogP contribution >= 0.6 is 28.3 Å². The molecule has 1 fully saturated rings. The molecule has 3 nitrogen and oxygen atoms in total. The first-order valence-electron chi connectivity index (χ1n) is 5.11. The second kappa shape index (κ2) is 5.75. The second-order valence-electron chi connectivity index (χ2n) is 3.58. The summed E-state index contributed by atoms with van der Waals surface area (Å²) in [5.41, 5.74) is 1.16. The van der Waals surface area contributed by atoms with E-state index in [-0.39, 0.29) is 18.2 Å². The van der Waals surface area contributed by atoms with Crippen LogP contribution in [-0.2, 0) is 0 Å². The summed E-state index contributed by atoms with van der Waals surface area (Å²) in [5.74, 6) is 0.732. The van der Waals surface area contributed by atoms with Crippen molar-refractivity contribution in [2.24, 2.45) is 0 Å². The maximum atomic E-state index is 9.73. The molecule has 1 aromatic rings. The zero-order valence-electron chi connectivity index (χ0n) is 9.00. The Balaban J connectivity index is 0.00000128. The number of aromatic hydroxyl groups is 1. The molecule has 1 aliphatic heterocycles. The third-order valence-electron chi connectivity index (χ3n) is 2.58. The topological polar surface area (TPSA) is 41.5 Å². The Morgan fingerprint density at radius 1 is 1.56 bits per heavy atom. The van der Waals surface area contributed by atoms with Gasteiger partial charge in [0.1, 0.15) is 0 Å². The Labute approximate surface area is 110 Å². The molecule has 0 aliphatic carbocycles. The van der Waals surface area contributed by atoms with E-state index in [4.69, 9.17) is 4.74 Å². The number of phenols is 1. The Morgan fingerprint density at radius 2 is 2.25 bits per heavy atom. The summed E-state index contributed by atoms with van der Waals surface area (Å²) in [6.45, 7) is 3.52. The van der Waals surface area contributed by atoms with Crippen LogP contribution in [0.5, 0.6) is 11.5 Å². The van der Waals surface area contributed by atoms with Crippen LogP contribution in [-0.4, -0.2) is 18.3 Å². The highest BCUT2D eigenvalue weighted by molar-refractivity contribution is 9.10. The zero-order chi connectivity index (χ0) is 10.8. The van der Waals surface area contributed by atoms with Gasteiger partial charge >= 0.3 is 0 Å². The van der Waals surface area contributed by atoms with Gasteiger partial charge in [0, 0.05) is 6.04 Å². The van der Waals surface area contributed by atoms with Crippen LogP contribution in [0.3, 0.4) is 0 Å². The fourth-order valence-corrected chi connectivity index (χ4v) is 2.09. The van der Waals surface area contributed by atoms with E-state index in [2.05, 4.69) is 21.2 Å². The van der Waals surface area contributed by atoms with Crippen LogP contribution in [0.2, 0.25) is 0 Å². The number of phenolic OH excluding ortho intramolecular Hbond substituents is 1. The van der Waals surface area contributed by atoms with Gasteiger partial charge in [0.05, 0.1) is 11.1 Å². The minimum atomic E-state index is 0. The van der Waals surface area contributed by atoms with Gasteiger partial charge in [0.25, 0.3) is 0 Å². The molecular formula is C11H15BrClNO2. The van der Waals surface area contributed by atoms with Crippen LogP contribution in [0.1, 0.15) is 24.9 Å². The Hall–Kier alpha value is -0.450. The van der Waals surface area contributed by atoms with E-state index in [9.17, 15) is 5.11 Å². The summed E-state index contributed by atoms with van der Waals surface area (Å²) < 4.78 is 6.06. The highest BCUT2D eigenvalue weighted by Crippen LogP contribution is 2.38. The molecule has 90 valence electrons. The van der Waals surface area contributed by atoms with Crippen molar-refractivity contribution in [3.05, 3.63) is 22.2 Å². The van der Waals surface area contributed by atoms with Crippen LogP contribution in [0, 0.1) is 0 Å². The number of rotatable bonds is 3. The molecular weight excluding hydrogens is 293 g/mol. The molecule has 0 saturated carbocycles. The van der Waals surface area contributed by atoms with Crippen LogP contribution in [0.15, 0.2) is 16.6 Å². The van der Waals surface area contributed by atoms with E-state index in [1.807, 2.05) is 19.1 Å². The van der Waals surface area contributed by atoms with Crippen molar-refractivity contribution in [3.8, 4) is 11.5 Å². The Morgan fingerprint density at radius 3 is 2.75 bits per heavy atom. The van der Waals surface area contributed by atoms with E-state index < -0.39 is 0 Å². The molecule has 0 amide bonds. The van der Waals surface area contributed by atoms with Crippen LogP contribution < -0.4 is 10.1 Å². The van der Waals surface area contributed by atoms with Gasteiger partial charge in [-0.05, 0) is 53.5 Å². The van der Waals surface area contributed by atoms with E-state index in [1.54, 1.807) is 0 Å². The SMILES string of the molecule is CCOc1cc([C@@H]2CCN2)cc(Br)c1O.Cl. The number of hydrogen-bond acceptors (Lipinski definition) is 3. The first-order valence-corrected chi connectivity index (χ1v) is 5.90. The van der Waals surface area contributed by atoms with Crippen molar-refractivity contribution >= 4 is 28.3 Å². The number of nitrogens with one attached hydrogen (secondary N) is 1. The molecule has 1 aromatic carbocycles. The molecule has 0 radical (unpaired) electrons. The van der Waals surface area contributed by atoms with Crippen molar-refractivity contribution in [3.63, 3.8) is 0 Å². The summed E-state index contributed by atoms with van der Waals surface area (Å²) in [4.78, 5) is 0. The molecule has 0 aromatic heterocycles. The van der Waals surface area contributed by atoms with Crippen LogP contribution in [0.4, 0.5) is 0 Å². The van der Waals surface area contributed by atoms with Gasteiger partial charge in [0.15, 0.2) is 11.5 Å². The minimum absolute atomic E-state index is 0. The van der Waals surface area contributed by atoms with Crippen molar-refractivity contribution < 1.29 is 9.84 Å². The summed E-state index contributed by atoms with van der Waals surface area (Å²) >= 11 is 3.33. The third-order valence-corrected chi connectivity index (χ3v) is 3.18. The average molecular weight is 309 g/mol. The monoisotopic (exact) mass is 307 g/mol. The highest BCUT2D eigenvalue weighted by atomic mass is 79.9. The second-order valence-corrected chi connectivity index (χ2v) is 4.43. The van der Waals surface area contributed by atoms with E-state index in [0.717, 1.165) is 18.5 Å². The van der Waals surface area contributed by atoms with Gasteiger partial charge in [-0.3, -0.25) is 0 Å². The lowest BCUT2D eigenvalue weighted by molar-refractivity contribution is 0.314. The smallest absolute Gasteiger partial charge is 0.172 e. The lowest BCUT2D eigenvalue weighted by Gasteiger charge is -2.28. The molecule has 1 heterocycles. The lowest BCUT2D eigenvalue weighted by atomic mass is 9.98. The number of hydrogen-bond donors (Lipinski definition) is 2. The van der Waals surface area contributed by atoms with Crippen molar-refractivity contribution in [2.75, 3.05) is 13.2 Å². The fraction of sp³-hybridized carbons (Fsp3) is 0.455. The first-order chi connectivity index (χ1) is 7.22. The summed E-state index contributed by atoms with van der Waals surface area (Å²) in [6.07, 6.45) is 1.14. The largest absolute Gasteiger partial charge is 0.503 e. The molecule has 1 aliphatic rings. The summed E-state index contributed by atoms with van der Waals surface area (Å²) in [6, 6.07) is 4.25. The van der Waals surface area contributed by atoms with Gasteiger partial charge < -0.3 is 15.2 Å². The number of halogens is 2. The summed E-state index contributed by atoms with van der Waals surface area (Å²) in [7, 11) is 0. The maximum absolute atomic E-state index is 9.73. The normalized spacial score (nSPS) is 18.5. The molecule has 0 spiro atoms. The zero-order valence-corrected chi connectivity index (χ0v) is 11.4. The average Bonchev–Trinajstić information content (AvgIpc) is 2.11. The Kier molecular flexibility index (Phi) is 4.89. The Bertz CT molecular complexity index is 369. The predicted molar refractivity (Wildman–Crippen MR) is 69.6 cm³/mol. The fourth-order valence-electron chi connectivity index (χ4n) is 1.63. The lowest BCUT2D eigenvalue weighted by Crippen LogP contribution is -2.34. The van der Waals surface area contributed by atoms with Crippen molar-refractivity contribution in [1.29, 1.82) is 0 Å². The predicted octanol–water partition coefficient (Wildman–Crippen LogP) is 3.01. The van der Waals surface area contributed by atoms with Gasteiger partial charge in [-0.1, -0.05) is 0 Å². The van der Waals surface area contributed by atoms with Gasteiger partial charge in [-0.2, -0.15) is 0 Å². The molecule has 0 unspecified atom stereocenters. The van der Waals surface area contributed by atoms with Gasteiger partial charge in [0.2, 0.25) is 0 Å². The summed E-state index contributed by atoms with van der Waals surface area (Å²) in [5, 5.41) is 13.1. The van der Waals surface area contributed by atoms with Crippen molar-refractivity contribution in [1.82, 2.24) is 5.32 Å². The molecule has 16 heavy (non-hydrogen) atoms. The molecule has 0 bridgehead atoms. The van der Waals surface area contributed by atoms with E-state index in [1.165, 1.54) is 0 Å². The van der Waals surface area contributed by atoms with Crippen molar-refractivity contribution in [2.45, 2.75) is 19.4 Å². The quantitative estimate of drug-likeness (QED) is 0.902. The first kappa shape index (κ1) is 13.6. The van der Waals surface area contributed by atoms with Gasteiger partial charge in [-0.15, -0.1) is 12.4 Å². The molecule has 1 saturated heterocycles. The minimum Gasteiger partial charge on any atom is -0.503 e. The molecule has 5 heteroatoms. The van der Waals surface area contributed by atoms with Crippen LogP contribution in [0.25, 0.3) is 0 Å². The molecule has 1 atom stereocenters. The third kappa shape index (κ3) is 2.62. The highest BCUT2D eigenvalue weighted by Gasteiger charge is 2.21. The van der Waals surface area contributed by atoms with E-state index in [0.29, 0.717) is 22.9 Å². The standard InChI is InChI=1S/C11H14BrNO2.ClH/c1-2-15-10-6-7(9-3-4-13-9)5-8(12)11(10)14;/h5-6,9,13-14H,2-4H2,1H3;1H/t9-;/m0./s1. The number of benzene rings is 1. The molecule has 2 N–H and O–H groups in total. The maximum Gasteiger partial charge on any atom is 0.172 e. The number of ether oxygens (including phenoxy) is 1. The molecule has 2 rings (SSSR count).